The number of aliphatic hydroxyl groups is 2. The molecule has 1 saturated heterocycles. The number of primary amides is 2. The van der Waals surface area contributed by atoms with Gasteiger partial charge in [-0.2, -0.15) is 0 Å². The topological polar surface area (TPSA) is 665 Å². The van der Waals surface area contributed by atoms with E-state index in [0.29, 0.717) is 45.0 Å². The van der Waals surface area contributed by atoms with Crippen molar-refractivity contribution in [3.8, 4) is 0 Å². The molecule has 5 heterocycles. The van der Waals surface area contributed by atoms with E-state index in [9.17, 15) is 68.1 Å². The molecule has 3 aromatic carbocycles. The number of imidazole rings is 1. The van der Waals surface area contributed by atoms with E-state index < -0.39 is 186 Å². The summed E-state index contributed by atoms with van der Waals surface area (Å²) in [6.07, 6.45) is 2.16. The summed E-state index contributed by atoms with van der Waals surface area (Å²) in [6, 6.07) is 2.04. The first kappa shape index (κ1) is 90.7. The monoisotopic (exact) mass is 1640 g/mol. The number of hydrogen-bond acceptors (Lipinski definition) is 20. The Balaban J connectivity index is 1.01. The average molecular weight is 1640 g/mol. The number of carbonyl (C=O) groups excluding carboxylic acids is 13. The summed E-state index contributed by atoms with van der Waals surface area (Å²) in [4.78, 5) is 216. The number of aromatic nitrogens is 5. The Morgan fingerprint density at radius 2 is 0.932 bits per heavy atom. The van der Waals surface area contributed by atoms with Gasteiger partial charge in [-0.05, 0) is 119 Å². The van der Waals surface area contributed by atoms with E-state index in [1.165, 1.54) is 24.3 Å². The van der Waals surface area contributed by atoms with E-state index in [2.05, 4.69) is 83.4 Å². The number of aliphatic hydroxyl groups excluding tert-OH is 2. The molecule has 0 aliphatic carbocycles. The molecule has 1 fully saturated rings. The standard InChI is InChI=1S/C78H107N23O17/c1-39(2)27-60(77(117)118)98-75(115)65(41(4)103)99-68(108)54(22-13-25-86-78(83)84)92-69(109)55(29-43-35-88-51-19-9-6-16-47(43)51)95-73(113)61-23-14-26-101(61)76(116)59(30-44-36-89-52-20-10-7-17-48(44)52)97-71(111)57(32-62(81)104)96-74(114)64(40(3)102)100-72(112)58(33-63(82)105)94-67(107)53(21-11-12-24-79)91-70(110)56(31-45-37-85-38-90-45)93-66(106)49(80)28-42-34-87-50-18-8-5-15-46(42)50/h5-10,15-20,34-41,49,53-61,64-65,87-89,102-103H,11-14,21-33,79-80H2,1-4H3,(H2,81,104)(H2,82,105)(H,85,90)(H,91,110)(H,92,109)(H,93,106)(H,94,107)(H,95,113)(H,96,114)(H,97,111)(H,98,115)(H,99,108)(H,100,112)(H,117,118)(H4,83,84,86)/t40-,41-,49+,53+,54+,55+,56+,57+,58+,59+,60+,61+,64+,65+/m1/s1. The van der Waals surface area contributed by atoms with Crippen LogP contribution in [0.5, 0.6) is 0 Å². The molecule has 0 radical (unpaired) electrons. The number of amides is 13. The van der Waals surface area contributed by atoms with Gasteiger partial charge in [-0.3, -0.25) is 67.7 Å². The fraction of sp³-hybridized carbons (Fsp3) is 0.462. The van der Waals surface area contributed by atoms with Crippen LogP contribution in [0.15, 0.2) is 104 Å². The van der Waals surface area contributed by atoms with Crippen LogP contribution in [0.4, 0.5) is 0 Å². The molecule has 13 amide bonds. The van der Waals surface area contributed by atoms with E-state index in [-0.39, 0.29) is 96.2 Å². The number of benzene rings is 3. The summed E-state index contributed by atoms with van der Waals surface area (Å²) in [5.41, 5.74) is 33.3. The predicted molar refractivity (Wildman–Crippen MR) is 430 cm³/mol. The van der Waals surface area contributed by atoms with E-state index in [1.807, 2.05) is 24.3 Å². The number of H-pyrrole nitrogens is 4. The SMILES string of the molecule is CC(C)C[C@H](NC(=O)[C@@H](NC(=O)[C@H](CCCNC(=N)N)NC(=O)[C@H](Cc1c[nH]c2ccccc12)NC(=O)[C@@H]1CCCN1C(=O)[C@H](Cc1c[nH]c2ccccc12)NC(=O)[C@H](CC(N)=O)NC(=O)[C@@H](NC(=O)[C@H](CC(N)=O)NC(=O)[C@H](CCCCN)NC(=O)[C@H](Cc1cnc[nH]1)NC(=O)[C@@H](N)Cc1c[nH]c2ccccc12)[C@@H](C)O)[C@@H](C)O)C(=O)O. The van der Waals surface area contributed by atoms with Gasteiger partial charge >= 0.3 is 5.97 Å². The Bertz CT molecular complexity index is 4710. The average Bonchev–Trinajstić information content (AvgIpc) is 1.69. The van der Waals surface area contributed by atoms with E-state index in [1.54, 1.807) is 81.0 Å². The number of carboxylic acids is 1. The van der Waals surface area contributed by atoms with Crippen LogP contribution in [0.2, 0.25) is 0 Å². The molecule has 118 heavy (non-hydrogen) atoms. The minimum Gasteiger partial charge on any atom is -0.480 e. The lowest BCUT2D eigenvalue weighted by atomic mass is 10.0. The highest BCUT2D eigenvalue weighted by Crippen LogP contribution is 2.26. The number of carboxylic acid groups (broad SMARTS) is 1. The highest BCUT2D eigenvalue weighted by Gasteiger charge is 2.43. The molecule has 1 aliphatic rings. The summed E-state index contributed by atoms with van der Waals surface area (Å²) in [5.74, 6) is -15.5. The molecule has 636 valence electrons. The number of guanidine groups is 1. The van der Waals surface area contributed by atoms with Crippen LogP contribution in [0.1, 0.15) is 114 Å². The first-order valence-corrected chi connectivity index (χ1v) is 38.9. The second-order valence-electron chi connectivity index (χ2n) is 29.8. The third-order valence-electron chi connectivity index (χ3n) is 20.1. The Morgan fingerprint density at radius 3 is 1.41 bits per heavy atom. The molecule has 0 spiro atoms. The van der Waals surface area contributed by atoms with Crippen LogP contribution < -0.4 is 87.2 Å². The number of unbranched alkanes of at least 4 members (excludes halogenated alkanes) is 1. The maximum Gasteiger partial charge on any atom is 0.326 e. The Morgan fingerprint density at radius 1 is 0.508 bits per heavy atom. The third kappa shape index (κ3) is 25.8. The van der Waals surface area contributed by atoms with Crippen molar-refractivity contribution in [1.82, 2.24) is 88.3 Å². The first-order valence-electron chi connectivity index (χ1n) is 38.9. The second kappa shape index (κ2) is 43.2. The number of hydrogen-bond donors (Lipinski definition) is 24. The van der Waals surface area contributed by atoms with Gasteiger partial charge in [-0.1, -0.05) is 68.4 Å². The number of carbonyl (C=O) groups is 14. The van der Waals surface area contributed by atoms with E-state index in [4.69, 9.17) is 34.1 Å². The number of nitrogens with one attached hydrogen (secondary N) is 16. The van der Waals surface area contributed by atoms with Crippen molar-refractivity contribution in [3.05, 3.63) is 126 Å². The number of nitrogens with zero attached hydrogens (tertiary/aromatic N) is 2. The van der Waals surface area contributed by atoms with Gasteiger partial charge in [0.2, 0.25) is 76.8 Å². The normalized spacial score (nSPS) is 16.0. The molecule has 7 aromatic rings. The van der Waals surface area contributed by atoms with Crippen LogP contribution in [0.3, 0.4) is 0 Å². The van der Waals surface area contributed by atoms with Gasteiger partial charge in [0.15, 0.2) is 5.96 Å². The van der Waals surface area contributed by atoms with Crippen LogP contribution in [-0.4, -0.2) is 238 Å². The summed E-state index contributed by atoms with van der Waals surface area (Å²) < 4.78 is 0. The Hall–Kier alpha value is -12.8. The lowest BCUT2D eigenvalue weighted by Crippen LogP contribution is -2.62. The molecular weight excluding hydrogens is 1530 g/mol. The van der Waals surface area contributed by atoms with Crippen molar-refractivity contribution in [2.45, 2.75) is 202 Å². The largest absolute Gasteiger partial charge is 0.480 e. The van der Waals surface area contributed by atoms with Gasteiger partial charge in [0.25, 0.3) is 0 Å². The van der Waals surface area contributed by atoms with Crippen LogP contribution in [0.25, 0.3) is 32.7 Å². The number of nitrogens with two attached hydrogens (primary N) is 5. The maximum absolute atomic E-state index is 15.5. The molecular formula is C78H107N23O17. The lowest BCUT2D eigenvalue weighted by molar-refractivity contribution is -0.143. The molecule has 8 rings (SSSR count). The van der Waals surface area contributed by atoms with Crippen molar-refractivity contribution in [2.24, 2.45) is 34.6 Å². The molecule has 4 aromatic heterocycles. The minimum atomic E-state index is -2.07. The molecule has 14 atom stereocenters. The zero-order valence-corrected chi connectivity index (χ0v) is 65.8. The maximum atomic E-state index is 15.5. The van der Waals surface area contributed by atoms with E-state index >= 15 is 14.4 Å². The molecule has 29 N–H and O–H groups in total. The fourth-order valence-electron chi connectivity index (χ4n) is 14.0. The van der Waals surface area contributed by atoms with Gasteiger partial charge < -0.3 is 127 Å². The summed E-state index contributed by atoms with van der Waals surface area (Å²) in [7, 11) is 0. The minimum absolute atomic E-state index is 0.000656. The summed E-state index contributed by atoms with van der Waals surface area (Å²) >= 11 is 0. The quantitative estimate of drug-likeness (QED) is 0.00993. The molecule has 40 heteroatoms. The van der Waals surface area contributed by atoms with Crippen molar-refractivity contribution in [2.75, 3.05) is 19.6 Å². The zero-order valence-electron chi connectivity index (χ0n) is 65.8. The van der Waals surface area contributed by atoms with Crippen molar-refractivity contribution < 1.29 is 82.4 Å². The molecule has 1 aliphatic heterocycles. The molecule has 40 nitrogen and oxygen atoms in total. The molecule has 0 unspecified atom stereocenters. The summed E-state index contributed by atoms with van der Waals surface area (Å²) in [5, 5.41) is 69.5. The number of rotatable bonds is 46. The van der Waals surface area contributed by atoms with E-state index in [0.717, 1.165) is 23.4 Å². The fourth-order valence-corrected chi connectivity index (χ4v) is 14.0. The highest BCUT2D eigenvalue weighted by atomic mass is 16.4. The number of likely N-dealkylation sites (tertiary alicyclic amines) is 1. The Labute approximate surface area is 677 Å². The number of para-hydroxylation sites is 3. The highest BCUT2D eigenvalue weighted by molar-refractivity contribution is 6.02. The van der Waals surface area contributed by atoms with Gasteiger partial charge in [-0.15, -0.1) is 0 Å². The second-order valence-corrected chi connectivity index (χ2v) is 29.8. The van der Waals surface area contributed by atoms with Crippen LogP contribution in [0, 0.1) is 11.3 Å². The lowest BCUT2D eigenvalue weighted by Gasteiger charge is -2.31. The van der Waals surface area contributed by atoms with Crippen LogP contribution >= 0.6 is 0 Å². The summed E-state index contributed by atoms with van der Waals surface area (Å²) in [6.45, 7) is 5.78. The third-order valence-corrected chi connectivity index (χ3v) is 20.1. The predicted octanol–water partition coefficient (Wildman–Crippen LogP) is -3.67. The van der Waals surface area contributed by atoms with Crippen molar-refractivity contribution in [1.29, 1.82) is 5.41 Å². The number of aliphatic carboxylic acids is 1. The first-order chi connectivity index (χ1) is 56.2. The molecule has 0 saturated carbocycles. The Kier molecular flexibility index (Phi) is 33.2. The van der Waals surface area contributed by atoms with Crippen molar-refractivity contribution in [3.63, 3.8) is 0 Å². The van der Waals surface area contributed by atoms with Gasteiger partial charge in [0.05, 0.1) is 37.4 Å². The number of fused-ring (bicyclic) bond motifs is 3. The zero-order chi connectivity index (χ0) is 86.0. The number of aromatic amines is 4. The van der Waals surface area contributed by atoms with Gasteiger partial charge in [0, 0.05) is 95.5 Å². The van der Waals surface area contributed by atoms with Gasteiger partial charge in [-0.25, -0.2) is 9.78 Å². The van der Waals surface area contributed by atoms with Gasteiger partial charge in [0.1, 0.15) is 66.5 Å². The smallest absolute Gasteiger partial charge is 0.326 e. The van der Waals surface area contributed by atoms with Crippen molar-refractivity contribution >= 4 is 121 Å². The molecule has 0 bridgehead atoms. The van der Waals surface area contributed by atoms with Crippen LogP contribution in [-0.2, 0) is 92.8 Å².